The molecule has 6 nitrogen and oxygen atoms in total. The number of benzene rings is 2. The van der Waals surface area contributed by atoms with Gasteiger partial charge in [0.15, 0.2) is 5.69 Å². The highest BCUT2D eigenvalue weighted by molar-refractivity contribution is 6.04. The molecule has 148 valence electrons. The van der Waals surface area contributed by atoms with Crippen LogP contribution in [0.3, 0.4) is 0 Å². The summed E-state index contributed by atoms with van der Waals surface area (Å²) in [5.74, 6) is -0.315. The Labute approximate surface area is 170 Å². The van der Waals surface area contributed by atoms with E-state index in [9.17, 15) is 9.59 Å². The number of nitrogens with one attached hydrogen (secondary N) is 1. The average molecular weight is 388 g/mol. The lowest BCUT2D eigenvalue weighted by molar-refractivity contribution is 0.0780. The monoisotopic (exact) mass is 388 g/mol. The van der Waals surface area contributed by atoms with E-state index < -0.39 is 0 Å². The van der Waals surface area contributed by atoms with Gasteiger partial charge < -0.3 is 10.2 Å². The van der Waals surface area contributed by atoms with Gasteiger partial charge in [0.25, 0.3) is 11.8 Å². The Balaban J connectivity index is 1.59. The highest BCUT2D eigenvalue weighted by atomic mass is 16.2. The fraction of sp³-hybridized carbons (Fsp3) is 0.261. The second kappa shape index (κ2) is 7.20. The molecule has 6 heteroatoms. The van der Waals surface area contributed by atoms with E-state index in [0.717, 1.165) is 34.5 Å². The summed E-state index contributed by atoms with van der Waals surface area (Å²) >= 11 is 0. The Morgan fingerprint density at radius 2 is 1.76 bits per heavy atom. The van der Waals surface area contributed by atoms with E-state index in [1.54, 1.807) is 28.8 Å². The fourth-order valence-electron chi connectivity index (χ4n) is 3.78. The van der Waals surface area contributed by atoms with E-state index in [4.69, 9.17) is 0 Å². The Hall–Kier alpha value is -3.41. The van der Waals surface area contributed by atoms with Crippen LogP contribution in [0.4, 0.5) is 5.69 Å². The van der Waals surface area contributed by atoms with Gasteiger partial charge in [-0.15, -0.1) is 0 Å². The molecule has 0 radical (unpaired) electrons. The molecular formula is C23H24N4O2. The molecule has 0 aliphatic carbocycles. The van der Waals surface area contributed by atoms with Crippen LogP contribution in [-0.2, 0) is 6.42 Å². The molecule has 1 aliphatic heterocycles. The molecule has 1 aliphatic rings. The van der Waals surface area contributed by atoms with Crippen LogP contribution in [0, 0.1) is 20.8 Å². The Morgan fingerprint density at radius 1 is 1.03 bits per heavy atom. The van der Waals surface area contributed by atoms with Crippen LogP contribution in [0.1, 0.15) is 43.2 Å². The lowest BCUT2D eigenvalue weighted by Gasteiger charge is -2.25. The number of aromatic nitrogens is 2. The van der Waals surface area contributed by atoms with Gasteiger partial charge in [-0.25, -0.2) is 4.68 Å². The van der Waals surface area contributed by atoms with Crippen LogP contribution in [0.25, 0.3) is 5.69 Å². The number of amides is 2. The van der Waals surface area contributed by atoms with Gasteiger partial charge >= 0.3 is 0 Å². The Morgan fingerprint density at radius 3 is 2.48 bits per heavy atom. The minimum absolute atomic E-state index is 0.0164. The molecule has 0 spiro atoms. The number of fused-ring (bicyclic) bond motifs is 1. The summed E-state index contributed by atoms with van der Waals surface area (Å²) in [5.41, 5.74) is 6.69. The molecule has 0 atom stereocenters. The first kappa shape index (κ1) is 18.9. The van der Waals surface area contributed by atoms with Crippen molar-refractivity contribution >= 4 is 17.5 Å². The minimum atomic E-state index is -0.298. The molecule has 3 aromatic rings. The maximum Gasteiger partial charge on any atom is 0.276 e. The van der Waals surface area contributed by atoms with E-state index >= 15 is 0 Å². The maximum atomic E-state index is 12.8. The lowest BCUT2D eigenvalue weighted by Crippen LogP contribution is -2.34. The zero-order valence-electron chi connectivity index (χ0n) is 17.1. The summed E-state index contributed by atoms with van der Waals surface area (Å²) < 4.78 is 1.78. The van der Waals surface area contributed by atoms with Crippen molar-refractivity contribution in [2.75, 3.05) is 18.9 Å². The van der Waals surface area contributed by atoms with Crippen molar-refractivity contribution in [3.8, 4) is 5.69 Å². The molecule has 0 bridgehead atoms. The largest absolute Gasteiger partial charge is 0.341 e. The minimum Gasteiger partial charge on any atom is -0.341 e. The summed E-state index contributed by atoms with van der Waals surface area (Å²) in [5, 5.41) is 7.38. The van der Waals surface area contributed by atoms with Gasteiger partial charge in [-0.05, 0) is 74.2 Å². The van der Waals surface area contributed by atoms with Gasteiger partial charge in [0, 0.05) is 30.5 Å². The van der Waals surface area contributed by atoms with Crippen molar-refractivity contribution in [1.29, 1.82) is 0 Å². The molecule has 29 heavy (non-hydrogen) atoms. The number of hydrogen-bond acceptors (Lipinski definition) is 3. The zero-order valence-corrected chi connectivity index (χ0v) is 17.1. The van der Waals surface area contributed by atoms with Crippen LogP contribution in [0.5, 0.6) is 0 Å². The van der Waals surface area contributed by atoms with Gasteiger partial charge in [-0.1, -0.05) is 12.1 Å². The maximum absolute atomic E-state index is 12.8. The molecule has 2 amide bonds. The summed E-state index contributed by atoms with van der Waals surface area (Å²) in [6.07, 6.45) is 0.825. The van der Waals surface area contributed by atoms with Crippen LogP contribution in [0.2, 0.25) is 0 Å². The third kappa shape index (κ3) is 3.66. The van der Waals surface area contributed by atoms with Crippen molar-refractivity contribution < 1.29 is 9.59 Å². The number of carbonyl (C=O) groups excluding carboxylic acids is 2. The Bertz CT molecular complexity index is 1110. The number of carbonyl (C=O) groups is 2. The second-order valence-electron chi connectivity index (χ2n) is 7.73. The van der Waals surface area contributed by atoms with E-state index in [1.165, 1.54) is 0 Å². The van der Waals surface area contributed by atoms with Crippen molar-refractivity contribution in [2.45, 2.75) is 27.2 Å². The van der Waals surface area contributed by atoms with Gasteiger partial charge in [0.1, 0.15) is 0 Å². The molecule has 1 aromatic heterocycles. The molecular weight excluding hydrogens is 364 g/mol. The first-order valence-corrected chi connectivity index (χ1v) is 9.67. The number of likely N-dealkylation sites (N-methyl/N-ethyl adjacent to an activating group) is 1. The quantitative estimate of drug-likeness (QED) is 0.744. The summed E-state index contributed by atoms with van der Waals surface area (Å²) in [6.45, 7) is 6.72. The predicted molar refractivity (Wildman–Crippen MR) is 113 cm³/mol. The molecule has 0 saturated carbocycles. The number of nitrogens with zero attached hydrogens (tertiary/aromatic N) is 3. The highest BCUT2D eigenvalue weighted by Gasteiger charge is 2.22. The molecule has 4 rings (SSSR count). The van der Waals surface area contributed by atoms with Gasteiger partial charge in [0.05, 0.1) is 5.69 Å². The fourth-order valence-corrected chi connectivity index (χ4v) is 3.78. The van der Waals surface area contributed by atoms with Gasteiger partial charge in [-0.3, -0.25) is 9.59 Å². The van der Waals surface area contributed by atoms with E-state index in [-0.39, 0.29) is 11.8 Å². The lowest BCUT2D eigenvalue weighted by atomic mass is 9.98. The number of aryl methyl sites for hydroxylation is 3. The number of anilines is 1. The average Bonchev–Trinajstić information content (AvgIpc) is 3.06. The van der Waals surface area contributed by atoms with Crippen LogP contribution < -0.4 is 5.32 Å². The molecule has 0 fully saturated rings. The first-order chi connectivity index (χ1) is 13.8. The number of rotatable bonds is 3. The van der Waals surface area contributed by atoms with Crippen LogP contribution >= 0.6 is 0 Å². The van der Waals surface area contributed by atoms with E-state index in [2.05, 4.69) is 16.5 Å². The SMILES string of the molecule is Cc1cc(C)cc(-n2nc(C(=O)Nc3ccc4c(c3)C(=O)N(C)CC4)cc2C)c1. The number of hydrogen-bond donors (Lipinski definition) is 1. The molecule has 0 saturated heterocycles. The standard InChI is InChI=1S/C23H24N4O2/c1-14-9-15(2)11-19(10-14)27-16(3)12-21(25-27)22(28)24-18-6-5-17-7-8-26(4)23(29)20(17)13-18/h5-6,9-13H,7-8H2,1-4H3,(H,24,28). The summed E-state index contributed by atoms with van der Waals surface area (Å²) in [7, 11) is 1.79. The predicted octanol–water partition coefficient (Wildman–Crippen LogP) is 3.68. The van der Waals surface area contributed by atoms with Gasteiger partial charge in [0.2, 0.25) is 0 Å². The summed E-state index contributed by atoms with van der Waals surface area (Å²) in [6, 6.07) is 13.5. The van der Waals surface area contributed by atoms with Gasteiger partial charge in [-0.2, -0.15) is 5.10 Å². The molecule has 0 unspecified atom stereocenters. The summed E-state index contributed by atoms with van der Waals surface area (Å²) in [4.78, 5) is 26.9. The van der Waals surface area contributed by atoms with E-state index in [1.807, 2.05) is 45.0 Å². The molecule has 2 aromatic carbocycles. The van der Waals surface area contributed by atoms with E-state index in [0.29, 0.717) is 23.5 Å². The third-order valence-corrected chi connectivity index (χ3v) is 5.23. The van der Waals surface area contributed by atoms with Crippen molar-refractivity contribution in [1.82, 2.24) is 14.7 Å². The third-order valence-electron chi connectivity index (χ3n) is 5.23. The highest BCUT2D eigenvalue weighted by Crippen LogP contribution is 2.23. The molecule has 2 heterocycles. The van der Waals surface area contributed by atoms with Crippen molar-refractivity contribution in [2.24, 2.45) is 0 Å². The van der Waals surface area contributed by atoms with Crippen molar-refractivity contribution in [3.05, 3.63) is 76.1 Å². The zero-order chi connectivity index (χ0) is 20.7. The van der Waals surface area contributed by atoms with Crippen LogP contribution in [-0.4, -0.2) is 40.1 Å². The van der Waals surface area contributed by atoms with Crippen molar-refractivity contribution in [3.63, 3.8) is 0 Å². The normalized spacial score (nSPS) is 13.4. The molecule has 1 N–H and O–H groups in total. The van der Waals surface area contributed by atoms with Crippen LogP contribution in [0.15, 0.2) is 42.5 Å². The topological polar surface area (TPSA) is 67.2 Å². The second-order valence-corrected chi connectivity index (χ2v) is 7.73. The first-order valence-electron chi connectivity index (χ1n) is 9.67. The Kier molecular flexibility index (Phi) is 4.70. The smallest absolute Gasteiger partial charge is 0.276 e.